The number of nitrogens with one attached hydrogen (secondary N) is 1. The van der Waals surface area contributed by atoms with E-state index in [2.05, 4.69) is 11.4 Å². The van der Waals surface area contributed by atoms with Gasteiger partial charge in [-0.1, -0.05) is 0 Å². The van der Waals surface area contributed by atoms with Crippen LogP contribution in [0.25, 0.3) is 0 Å². The van der Waals surface area contributed by atoms with Crippen molar-refractivity contribution in [2.45, 2.75) is 31.4 Å². The molecule has 19 heavy (non-hydrogen) atoms. The molecule has 1 atom stereocenters. The zero-order valence-corrected chi connectivity index (χ0v) is 11.8. The Morgan fingerprint density at radius 1 is 1.53 bits per heavy atom. The molecule has 7 heteroatoms. The fraction of sp³-hybridized carbons (Fsp3) is 0.583. The maximum Gasteiger partial charge on any atom is 0.262 e. The van der Waals surface area contributed by atoms with Gasteiger partial charge in [0.25, 0.3) is 5.92 Å². The minimum Gasteiger partial charge on any atom is -0.336 e. The van der Waals surface area contributed by atoms with Crippen LogP contribution in [0.15, 0.2) is 11.4 Å². The highest BCUT2D eigenvalue weighted by molar-refractivity contribution is 7.10. The second-order valence-corrected chi connectivity index (χ2v) is 5.87. The molecular formula is C12H15ClF2N2OS. The van der Waals surface area contributed by atoms with Crippen LogP contribution in [0.5, 0.6) is 0 Å². The number of halogens is 3. The SMILES string of the molecule is Cl.O=C(C1CC(F)(F)CN1)N1CCc2ccsc2C1. The first-order valence-electron chi connectivity index (χ1n) is 6.00. The van der Waals surface area contributed by atoms with Crippen molar-refractivity contribution in [3.05, 3.63) is 21.9 Å². The van der Waals surface area contributed by atoms with E-state index in [1.54, 1.807) is 16.2 Å². The normalized spacial score (nSPS) is 24.7. The number of thiophene rings is 1. The van der Waals surface area contributed by atoms with Crippen LogP contribution in [0.1, 0.15) is 16.9 Å². The maximum absolute atomic E-state index is 13.1. The summed E-state index contributed by atoms with van der Waals surface area (Å²) in [4.78, 5) is 15.0. The van der Waals surface area contributed by atoms with E-state index in [9.17, 15) is 13.6 Å². The van der Waals surface area contributed by atoms with Crippen molar-refractivity contribution in [2.75, 3.05) is 13.1 Å². The number of nitrogens with zero attached hydrogens (tertiary/aromatic N) is 1. The van der Waals surface area contributed by atoms with Crippen molar-refractivity contribution >= 4 is 29.7 Å². The zero-order chi connectivity index (χ0) is 12.8. The summed E-state index contributed by atoms with van der Waals surface area (Å²) in [6, 6.07) is 1.35. The Morgan fingerprint density at radius 3 is 3.00 bits per heavy atom. The molecule has 1 saturated heterocycles. The van der Waals surface area contributed by atoms with Crippen LogP contribution < -0.4 is 5.32 Å². The average Bonchev–Trinajstić information content (AvgIpc) is 2.93. The Morgan fingerprint density at radius 2 is 2.32 bits per heavy atom. The van der Waals surface area contributed by atoms with Crippen molar-refractivity contribution in [1.29, 1.82) is 0 Å². The molecule has 3 rings (SSSR count). The van der Waals surface area contributed by atoms with Gasteiger partial charge in [0.05, 0.1) is 19.1 Å². The van der Waals surface area contributed by atoms with Gasteiger partial charge in [-0.15, -0.1) is 23.7 Å². The molecule has 1 aromatic heterocycles. The average molecular weight is 309 g/mol. The summed E-state index contributed by atoms with van der Waals surface area (Å²) in [5.74, 6) is -2.93. The second-order valence-electron chi connectivity index (χ2n) is 4.87. The van der Waals surface area contributed by atoms with Crippen LogP contribution in [0.3, 0.4) is 0 Å². The van der Waals surface area contributed by atoms with Crippen molar-refractivity contribution in [2.24, 2.45) is 0 Å². The smallest absolute Gasteiger partial charge is 0.262 e. The van der Waals surface area contributed by atoms with Crippen molar-refractivity contribution in [3.63, 3.8) is 0 Å². The molecule has 1 amide bonds. The number of carbonyl (C=O) groups is 1. The van der Waals surface area contributed by atoms with Gasteiger partial charge >= 0.3 is 0 Å². The Labute approximate surface area is 120 Å². The van der Waals surface area contributed by atoms with Gasteiger partial charge in [0.1, 0.15) is 0 Å². The molecule has 1 aromatic rings. The van der Waals surface area contributed by atoms with Gasteiger partial charge in [0.15, 0.2) is 0 Å². The van der Waals surface area contributed by atoms with Gasteiger partial charge < -0.3 is 4.90 Å². The summed E-state index contributed by atoms with van der Waals surface area (Å²) < 4.78 is 26.2. The lowest BCUT2D eigenvalue weighted by atomic mass is 10.1. The van der Waals surface area contributed by atoms with Gasteiger partial charge in [-0.25, -0.2) is 8.78 Å². The summed E-state index contributed by atoms with van der Waals surface area (Å²) in [6.45, 7) is 0.809. The molecule has 3 nitrogen and oxygen atoms in total. The van der Waals surface area contributed by atoms with Crippen molar-refractivity contribution in [1.82, 2.24) is 10.2 Å². The predicted molar refractivity (Wildman–Crippen MR) is 72.0 cm³/mol. The third-order valence-corrected chi connectivity index (χ3v) is 4.49. The Bertz CT molecular complexity index is 480. The number of alkyl halides is 2. The highest BCUT2D eigenvalue weighted by atomic mass is 35.5. The monoisotopic (exact) mass is 308 g/mol. The van der Waals surface area contributed by atoms with Gasteiger partial charge in [-0.2, -0.15) is 0 Å². The topological polar surface area (TPSA) is 32.3 Å². The molecule has 106 valence electrons. The van der Waals surface area contributed by atoms with Gasteiger partial charge in [0, 0.05) is 17.8 Å². The lowest BCUT2D eigenvalue weighted by molar-refractivity contribution is -0.134. The zero-order valence-electron chi connectivity index (χ0n) is 10.2. The predicted octanol–water partition coefficient (Wildman–Crippen LogP) is 2.05. The number of amides is 1. The van der Waals surface area contributed by atoms with E-state index in [4.69, 9.17) is 0 Å². The Kier molecular flexibility index (Phi) is 4.13. The second kappa shape index (κ2) is 5.34. The number of carbonyl (C=O) groups excluding carboxylic acids is 1. The fourth-order valence-corrected chi connectivity index (χ4v) is 3.48. The van der Waals surface area contributed by atoms with E-state index in [1.165, 1.54) is 10.4 Å². The third kappa shape index (κ3) is 2.90. The van der Waals surface area contributed by atoms with E-state index in [-0.39, 0.29) is 31.3 Å². The quantitative estimate of drug-likeness (QED) is 0.861. The number of rotatable bonds is 1. The summed E-state index contributed by atoms with van der Waals surface area (Å²) in [5, 5.41) is 4.64. The summed E-state index contributed by atoms with van der Waals surface area (Å²) >= 11 is 1.63. The highest BCUT2D eigenvalue weighted by Gasteiger charge is 2.43. The van der Waals surface area contributed by atoms with Crippen LogP contribution >= 0.6 is 23.7 Å². The molecular weight excluding hydrogens is 294 g/mol. The molecule has 0 bridgehead atoms. The first-order valence-corrected chi connectivity index (χ1v) is 6.88. The first kappa shape index (κ1) is 14.7. The maximum atomic E-state index is 13.1. The minimum absolute atomic E-state index is 0. The molecule has 0 saturated carbocycles. The summed E-state index contributed by atoms with van der Waals surface area (Å²) in [6.07, 6.45) is 0.452. The van der Waals surface area contributed by atoms with Crippen molar-refractivity contribution < 1.29 is 13.6 Å². The molecule has 2 aliphatic heterocycles. The highest BCUT2D eigenvalue weighted by Crippen LogP contribution is 2.28. The fourth-order valence-electron chi connectivity index (χ4n) is 2.53. The van der Waals surface area contributed by atoms with Crippen LogP contribution in [-0.2, 0) is 17.8 Å². The van der Waals surface area contributed by atoms with Gasteiger partial charge in [-0.05, 0) is 23.4 Å². The molecule has 0 aromatic carbocycles. The molecule has 1 fully saturated rings. The molecule has 2 aliphatic rings. The summed E-state index contributed by atoms with van der Waals surface area (Å²) in [7, 11) is 0. The molecule has 1 N–H and O–H groups in total. The number of hydrogen-bond acceptors (Lipinski definition) is 3. The Hall–Kier alpha value is -0.720. The molecule has 1 unspecified atom stereocenters. The van der Waals surface area contributed by atoms with E-state index in [1.807, 2.05) is 5.38 Å². The van der Waals surface area contributed by atoms with E-state index >= 15 is 0 Å². The van der Waals surface area contributed by atoms with E-state index in [0.29, 0.717) is 13.1 Å². The van der Waals surface area contributed by atoms with E-state index < -0.39 is 12.0 Å². The minimum atomic E-state index is -2.75. The molecule has 0 aliphatic carbocycles. The number of fused-ring (bicyclic) bond motifs is 1. The molecule has 3 heterocycles. The summed E-state index contributed by atoms with van der Waals surface area (Å²) in [5.41, 5.74) is 1.29. The van der Waals surface area contributed by atoms with Crippen LogP contribution in [-0.4, -0.2) is 35.9 Å². The molecule has 0 radical (unpaired) electrons. The standard InChI is InChI=1S/C12H14F2N2OS.ClH/c13-12(14)5-9(15-7-12)11(17)16-3-1-8-2-4-18-10(8)6-16;/h2,4,9,15H,1,3,5-7H2;1H. The van der Waals surface area contributed by atoms with Crippen LogP contribution in [0.2, 0.25) is 0 Å². The Balaban J connectivity index is 0.00000133. The van der Waals surface area contributed by atoms with Crippen molar-refractivity contribution in [3.8, 4) is 0 Å². The lowest BCUT2D eigenvalue weighted by Crippen LogP contribution is -2.45. The van der Waals surface area contributed by atoms with Gasteiger partial charge in [0.2, 0.25) is 5.91 Å². The molecule has 0 spiro atoms. The van der Waals surface area contributed by atoms with Crippen LogP contribution in [0, 0.1) is 0 Å². The lowest BCUT2D eigenvalue weighted by Gasteiger charge is -2.29. The van der Waals surface area contributed by atoms with Gasteiger partial charge in [-0.3, -0.25) is 10.1 Å². The van der Waals surface area contributed by atoms with E-state index in [0.717, 1.165) is 6.42 Å². The first-order chi connectivity index (χ1) is 8.55. The number of hydrogen-bond donors (Lipinski definition) is 1. The van der Waals surface area contributed by atoms with Crippen LogP contribution in [0.4, 0.5) is 8.78 Å². The largest absolute Gasteiger partial charge is 0.336 e. The third-order valence-electron chi connectivity index (χ3n) is 3.54.